The topological polar surface area (TPSA) is 80.6 Å². The molecule has 0 saturated heterocycles. The highest BCUT2D eigenvalue weighted by molar-refractivity contribution is 5.77. The molecule has 0 atom stereocenters. The van der Waals surface area contributed by atoms with Crippen molar-refractivity contribution in [2.75, 3.05) is 6.54 Å². The highest BCUT2D eigenvalue weighted by atomic mass is 15.3. The number of nitrogens with zero attached hydrogens (tertiary/aromatic N) is 4. The average Bonchev–Trinajstić information content (AvgIpc) is 2.82. The van der Waals surface area contributed by atoms with Gasteiger partial charge in [-0.2, -0.15) is 5.10 Å². The molecule has 2 aromatic rings. The van der Waals surface area contributed by atoms with Crippen molar-refractivity contribution in [1.82, 2.24) is 19.9 Å². The highest BCUT2D eigenvalue weighted by Gasteiger charge is 2.00. The number of nitrogens with one attached hydrogen (secondary N) is 1. The fraction of sp³-hybridized carbons (Fsp3) is 0.364. The van der Waals surface area contributed by atoms with E-state index in [1.807, 2.05) is 12.1 Å². The molecule has 0 aliphatic heterocycles. The van der Waals surface area contributed by atoms with Gasteiger partial charge in [-0.1, -0.05) is 6.92 Å². The maximum Gasteiger partial charge on any atom is 0.188 e. The number of fused-ring (bicyclic) bond motifs is 1. The minimum absolute atomic E-state index is 0.462. The van der Waals surface area contributed by atoms with Gasteiger partial charge in [-0.3, -0.25) is 0 Å². The molecule has 0 unspecified atom stereocenters. The zero-order valence-electron chi connectivity index (χ0n) is 9.80. The molecule has 3 N–H and O–H groups in total. The smallest absolute Gasteiger partial charge is 0.188 e. The van der Waals surface area contributed by atoms with Crippen molar-refractivity contribution in [2.45, 2.75) is 19.9 Å². The van der Waals surface area contributed by atoms with Crippen LogP contribution in [0.4, 0.5) is 0 Å². The van der Waals surface area contributed by atoms with Gasteiger partial charge in [0.1, 0.15) is 0 Å². The van der Waals surface area contributed by atoms with Crippen LogP contribution in [0.1, 0.15) is 19.0 Å². The normalized spacial score (nSPS) is 11.9. The molecule has 0 fully saturated rings. The summed E-state index contributed by atoms with van der Waals surface area (Å²) in [4.78, 5) is 8.44. The summed E-state index contributed by atoms with van der Waals surface area (Å²) in [5.74, 6) is 0.462. The molecule has 0 bridgehead atoms. The number of aliphatic imine (C=N–C) groups is 1. The molecule has 6 nitrogen and oxygen atoms in total. The van der Waals surface area contributed by atoms with Crippen LogP contribution in [0.5, 0.6) is 0 Å². The van der Waals surface area contributed by atoms with E-state index >= 15 is 0 Å². The van der Waals surface area contributed by atoms with Gasteiger partial charge in [-0.15, -0.1) is 0 Å². The number of nitrogens with two attached hydrogens (primary N) is 1. The van der Waals surface area contributed by atoms with E-state index < -0.39 is 0 Å². The maximum absolute atomic E-state index is 5.72. The first kappa shape index (κ1) is 11.4. The van der Waals surface area contributed by atoms with E-state index in [1.165, 1.54) is 0 Å². The van der Waals surface area contributed by atoms with Crippen LogP contribution >= 0.6 is 0 Å². The van der Waals surface area contributed by atoms with Gasteiger partial charge in [-0.25, -0.2) is 14.5 Å². The van der Waals surface area contributed by atoms with E-state index in [4.69, 9.17) is 5.73 Å². The lowest BCUT2D eigenvalue weighted by molar-refractivity contribution is 0.805. The molecular formula is C11H16N6. The Hall–Kier alpha value is -2.11. The van der Waals surface area contributed by atoms with Crippen molar-refractivity contribution in [3.05, 3.63) is 30.2 Å². The fourth-order valence-corrected chi connectivity index (χ4v) is 1.48. The second-order valence-electron chi connectivity index (χ2n) is 3.67. The summed E-state index contributed by atoms with van der Waals surface area (Å²) in [7, 11) is 0. The van der Waals surface area contributed by atoms with Crippen LogP contribution in [0, 0.1) is 0 Å². The first-order valence-electron chi connectivity index (χ1n) is 5.62. The summed E-state index contributed by atoms with van der Waals surface area (Å²) in [5, 5.41) is 7.21. The lowest BCUT2D eigenvalue weighted by Crippen LogP contribution is -2.32. The van der Waals surface area contributed by atoms with Crippen molar-refractivity contribution in [2.24, 2.45) is 10.7 Å². The summed E-state index contributed by atoms with van der Waals surface area (Å²) in [6.07, 6.45) is 4.49. The van der Waals surface area contributed by atoms with E-state index in [2.05, 4.69) is 27.3 Å². The summed E-state index contributed by atoms with van der Waals surface area (Å²) in [5.41, 5.74) is 7.50. The third kappa shape index (κ3) is 2.72. The third-order valence-corrected chi connectivity index (χ3v) is 2.34. The number of hydrogen-bond donors (Lipinski definition) is 2. The fourth-order valence-electron chi connectivity index (χ4n) is 1.48. The molecule has 0 saturated carbocycles. The minimum atomic E-state index is 0.462. The highest BCUT2D eigenvalue weighted by Crippen LogP contribution is 2.03. The average molecular weight is 232 g/mol. The van der Waals surface area contributed by atoms with Crippen LogP contribution in [0.15, 0.2) is 29.5 Å². The molecule has 0 aliphatic rings. The van der Waals surface area contributed by atoms with Crippen molar-refractivity contribution < 1.29 is 0 Å². The van der Waals surface area contributed by atoms with E-state index in [1.54, 1.807) is 16.9 Å². The molecule has 0 spiro atoms. The molecule has 2 heterocycles. The third-order valence-electron chi connectivity index (χ3n) is 2.34. The van der Waals surface area contributed by atoms with Crippen molar-refractivity contribution in [1.29, 1.82) is 0 Å². The molecule has 2 aromatic heterocycles. The number of hydrogen-bond acceptors (Lipinski definition) is 3. The van der Waals surface area contributed by atoms with Crippen LogP contribution in [0.3, 0.4) is 0 Å². The van der Waals surface area contributed by atoms with Crippen LogP contribution in [0.25, 0.3) is 5.65 Å². The Labute approximate surface area is 99.6 Å². The predicted molar refractivity (Wildman–Crippen MR) is 66.6 cm³/mol. The zero-order chi connectivity index (χ0) is 12.1. The first-order chi connectivity index (χ1) is 8.31. The molecule has 0 aromatic carbocycles. The monoisotopic (exact) mass is 232 g/mol. The second-order valence-corrected chi connectivity index (χ2v) is 3.67. The Morgan fingerprint density at radius 2 is 2.35 bits per heavy atom. The molecule has 0 amide bonds. The lowest BCUT2D eigenvalue weighted by Gasteiger charge is -2.04. The van der Waals surface area contributed by atoms with Gasteiger partial charge in [0.05, 0.1) is 18.4 Å². The van der Waals surface area contributed by atoms with E-state index in [9.17, 15) is 0 Å². The van der Waals surface area contributed by atoms with E-state index in [0.717, 1.165) is 24.3 Å². The summed E-state index contributed by atoms with van der Waals surface area (Å²) < 4.78 is 1.76. The largest absolute Gasteiger partial charge is 0.370 e. The second kappa shape index (κ2) is 5.29. The van der Waals surface area contributed by atoms with Gasteiger partial charge in [-0.05, 0) is 12.5 Å². The van der Waals surface area contributed by atoms with Crippen LogP contribution < -0.4 is 11.1 Å². The van der Waals surface area contributed by atoms with Crippen molar-refractivity contribution in [3.8, 4) is 0 Å². The first-order valence-corrected chi connectivity index (χ1v) is 5.62. The van der Waals surface area contributed by atoms with Crippen LogP contribution in [-0.2, 0) is 6.54 Å². The van der Waals surface area contributed by atoms with Crippen molar-refractivity contribution >= 4 is 11.6 Å². The van der Waals surface area contributed by atoms with Crippen LogP contribution in [0.2, 0.25) is 0 Å². The number of aromatic nitrogens is 3. The van der Waals surface area contributed by atoms with Gasteiger partial charge >= 0.3 is 0 Å². The quantitative estimate of drug-likeness (QED) is 0.595. The number of guanidine groups is 1. The Kier molecular flexibility index (Phi) is 3.54. The minimum Gasteiger partial charge on any atom is -0.370 e. The molecule has 0 radical (unpaired) electrons. The van der Waals surface area contributed by atoms with Gasteiger partial charge in [0.2, 0.25) is 0 Å². The van der Waals surface area contributed by atoms with Crippen molar-refractivity contribution in [3.63, 3.8) is 0 Å². The molecule has 90 valence electrons. The summed E-state index contributed by atoms with van der Waals surface area (Å²) in [6, 6.07) is 3.74. The van der Waals surface area contributed by atoms with E-state index in [0.29, 0.717) is 12.5 Å². The summed E-state index contributed by atoms with van der Waals surface area (Å²) in [6.45, 7) is 3.41. The number of rotatable bonds is 4. The van der Waals surface area contributed by atoms with Crippen LogP contribution in [-0.4, -0.2) is 27.1 Å². The predicted octanol–water partition coefficient (Wildman–Crippen LogP) is 0.544. The maximum atomic E-state index is 5.72. The Bertz CT molecular complexity index is 515. The standard InChI is InChI=1S/C11H16N6/c1-2-5-14-11(12)15-8-9-3-6-13-10-4-7-16-17(9)10/h3-4,6-7H,2,5,8H2,1H3,(H3,12,14,15). The lowest BCUT2D eigenvalue weighted by atomic mass is 10.4. The Balaban J connectivity index is 2.10. The molecule has 2 rings (SSSR count). The van der Waals surface area contributed by atoms with E-state index in [-0.39, 0.29) is 0 Å². The molecule has 0 aliphatic carbocycles. The Morgan fingerprint density at radius 3 is 3.18 bits per heavy atom. The molecule has 17 heavy (non-hydrogen) atoms. The molecular weight excluding hydrogens is 216 g/mol. The van der Waals surface area contributed by atoms with Gasteiger partial charge in [0, 0.05) is 18.8 Å². The SMILES string of the molecule is CCCNC(N)=NCc1ccnc2ccnn12. The Morgan fingerprint density at radius 1 is 1.47 bits per heavy atom. The van der Waals surface area contributed by atoms with Gasteiger partial charge in [0.25, 0.3) is 0 Å². The summed E-state index contributed by atoms with van der Waals surface area (Å²) >= 11 is 0. The zero-order valence-corrected chi connectivity index (χ0v) is 9.80. The van der Waals surface area contributed by atoms with Gasteiger partial charge < -0.3 is 11.1 Å². The molecule has 6 heteroatoms. The van der Waals surface area contributed by atoms with Gasteiger partial charge in [0.15, 0.2) is 11.6 Å².